The van der Waals surface area contributed by atoms with Crippen LogP contribution in [0.3, 0.4) is 0 Å². The average molecular weight is 250 g/mol. The first-order valence-corrected chi connectivity index (χ1v) is 6.60. The van der Waals surface area contributed by atoms with Crippen molar-refractivity contribution in [3.63, 3.8) is 0 Å². The van der Waals surface area contributed by atoms with Crippen molar-refractivity contribution in [3.05, 3.63) is 39.3 Å². The Kier molecular flexibility index (Phi) is 3.64. The second kappa shape index (κ2) is 5.02. The van der Waals surface area contributed by atoms with Crippen LogP contribution < -0.4 is 0 Å². The van der Waals surface area contributed by atoms with Crippen LogP contribution >= 0.6 is 11.3 Å². The molecule has 1 N–H and O–H groups in total. The molecule has 0 saturated heterocycles. The maximum absolute atomic E-state index is 10.2. The smallest absolute Gasteiger partial charge is 0.0804 e. The van der Waals surface area contributed by atoms with Gasteiger partial charge in [-0.15, -0.1) is 11.3 Å². The van der Waals surface area contributed by atoms with Gasteiger partial charge in [0.05, 0.1) is 12.3 Å². The van der Waals surface area contributed by atoms with E-state index in [9.17, 15) is 5.11 Å². The Labute approximate surface area is 106 Å². The molecule has 3 nitrogen and oxygen atoms in total. The molecule has 4 heteroatoms. The summed E-state index contributed by atoms with van der Waals surface area (Å²) in [4.78, 5) is 2.49. The Morgan fingerprint density at radius 3 is 2.76 bits per heavy atom. The zero-order chi connectivity index (χ0) is 12.4. The minimum atomic E-state index is -0.361. The number of aromatic nitrogens is 2. The lowest BCUT2D eigenvalue weighted by Gasteiger charge is -2.09. The van der Waals surface area contributed by atoms with Gasteiger partial charge in [-0.2, -0.15) is 5.10 Å². The van der Waals surface area contributed by atoms with Gasteiger partial charge >= 0.3 is 0 Å². The highest BCUT2D eigenvalue weighted by Crippen LogP contribution is 2.28. The van der Waals surface area contributed by atoms with Gasteiger partial charge in [-0.1, -0.05) is 0 Å². The summed E-state index contributed by atoms with van der Waals surface area (Å²) in [7, 11) is 1.91. The van der Waals surface area contributed by atoms with Gasteiger partial charge in [0.2, 0.25) is 0 Å². The lowest BCUT2D eigenvalue weighted by atomic mass is 10.0. The van der Waals surface area contributed by atoms with Crippen LogP contribution in [0.4, 0.5) is 0 Å². The highest BCUT2D eigenvalue weighted by molar-refractivity contribution is 7.12. The molecule has 0 radical (unpaired) electrons. The maximum Gasteiger partial charge on any atom is 0.0804 e. The monoisotopic (exact) mass is 250 g/mol. The number of hydrogen-bond acceptors (Lipinski definition) is 3. The van der Waals surface area contributed by atoms with Gasteiger partial charge in [-0.25, -0.2) is 0 Å². The van der Waals surface area contributed by atoms with Crippen molar-refractivity contribution in [1.82, 2.24) is 9.78 Å². The number of nitrogens with zero attached hydrogens (tertiary/aromatic N) is 2. The molecule has 0 aliphatic carbocycles. The predicted octanol–water partition coefficient (Wildman–Crippen LogP) is 2.76. The van der Waals surface area contributed by atoms with E-state index >= 15 is 0 Å². The van der Waals surface area contributed by atoms with Gasteiger partial charge in [0.15, 0.2) is 0 Å². The molecular formula is C13H18N2OS. The molecule has 92 valence electrons. The number of aliphatic hydroxyl groups excluding tert-OH is 1. The molecule has 0 aliphatic rings. The Morgan fingerprint density at radius 1 is 1.47 bits per heavy atom. The van der Waals surface area contributed by atoms with Crippen LogP contribution in [0.25, 0.3) is 0 Å². The van der Waals surface area contributed by atoms with E-state index in [2.05, 4.69) is 25.0 Å². The molecule has 0 bridgehead atoms. The molecule has 0 spiro atoms. The number of hydrogen-bond donors (Lipinski definition) is 1. The van der Waals surface area contributed by atoms with Gasteiger partial charge in [0.1, 0.15) is 0 Å². The van der Waals surface area contributed by atoms with Crippen LogP contribution in [0, 0.1) is 13.8 Å². The van der Waals surface area contributed by atoms with Crippen molar-refractivity contribution in [2.75, 3.05) is 0 Å². The maximum atomic E-state index is 10.2. The Bertz CT molecular complexity index is 501. The van der Waals surface area contributed by atoms with Crippen molar-refractivity contribution >= 4 is 11.3 Å². The first kappa shape index (κ1) is 12.3. The summed E-state index contributed by atoms with van der Waals surface area (Å²) in [6.07, 6.45) is 5.11. The Hall–Kier alpha value is -1.13. The van der Waals surface area contributed by atoms with E-state index in [4.69, 9.17) is 0 Å². The van der Waals surface area contributed by atoms with Gasteiger partial charge in [0.25, 0.3) is 0 Å². The van der Waals surface area contributed by atoms with Crippen molar-refractivity contribution < 1.29 is 5.11 Å². The zero-order valence-electron chi connectivity index (χ0n) is 10.5. The number of thiophene rings is 1. The molecule has 2 heterocycles. The van der Waals surface area contributed by atoms with E-state index < -0.39 is 0 Å². The largest absolute Gasteiger partial charge is 0.388 e. The standard InChI is InChI=1S/C13H18N2OS/c1-9-6-12(10(2)17-9)13(16)5-4-11-7-14-15(3)8-11/h6-8,13,16H,4-5H2,1-3H3. The fourth-order valence-electron chi connectivity index (χ4n) is 2.04. The molecule has 0 fully saturated rings. The predicted molar refractivity (Wildman–Crippen MR) is 70.3 cm³/mol. The first-order chi connectivity index (χ1) is 8.06. The van der Waals surface area contributed by atoms with E-state index in [-0.39, 0.29) is 6.10 Å². The van der Waals surface area contributed by atoms with Crippen molar-refractivity contribution in [2.24, 2.45) is 7.05 Å². The second-order valence-electron chi connectivity index (χ2n) is 4.45. The van der Waals surface area contributed by atoms with Gasteiger partial charge in [-0.05, 0) is 43.9 Å². The fourth-order valence-corrected chi connectivity index (χ4v) is 3.02. The molecule has 0 amide bonds. The molecule has 2 rings (SSSR count). The third-order valence-corrected chi connectivity index (χ3v) is 3.88. The number of aryl methyl sites for hydroxylation is 4. The van der Waals surface area contributed by atoms with E-state index in [1.54, 1.807) is 16.0 Å². The van der Waals surface area contributed by atoms with E-state index in [1.807, 2.05) is 19.4 Å². The molecule has 1 atom stereocenters. The molecular weight excluding hydrogens is 232 g/mol. The van der Waals surface area contributed by atoms with Crippen LogP contribution in [0.2, 0.25) is 0 Å². The molecule has 1 unspecified atom stereocenters. The third-order valence-electron chi connectivity index (χ3n) is 2.90. The second-order valence-corrected chi connectivity index (χ2v) is 5.91. The molecule has 0 aromatic carbocycles. The van der Waals surface area contributed by atoms with E-state index in [0.29, 0.717) is 0 Å². The van der Waals surface area contributed by atoms with Crippen molar-refractivity contribution in [1.29, 1.82) is 0 Å². The van der Waals surface area contributed by atoms with E-state index in [1.165, 1.54) is 15.3 Å². The number of rotatable bonds is 4. The molecule has 0 saturated carbocycles. The average Bonchev–Trinajstić information content (AvgIpc) is 2.81. The Morgan fingerprint density at radius 2 is 2.24 bits per heavy atom. The fraction of sp³-hybridized carbons (Fsp3) is 0.462. The summed E-state index contributed by atoms with van der Waals surface area (Å²) >= 11 is 1.75. The van der Waals surface area contributed by atoms with Gasteiger partial charge in [0, 0.05) is 23.0 Å². The quantitative estimate of drug-likeness (QED) is 0.906. The minimum absolute atomic E-state index is 0.361. The summed E-state index contributed by atoms with van der Waals surface area (Å²) in [6, 6.07) is 2.09. The topological polar surface area (TPSA) is 38.1 Å². The summed E-state index contributed by atoms with van der Waals surface area (Å²) in [5, 5.41) is 14.3. The van der Waals surface area contributed by atoms with Crippen LogP contribution in [0.15, 0.2) is 18.5 Å². The van der Waals surface area contributed by atoms with Crippen LogP contribution in [-0.2, 0) is 13.5 Å². The summed E-state index contributed by atoms with van der Waals surface area (Å²) < 4.78 is 1.79. The number of aliphatic hydroxyl groups is 1. The summed E-state index contributed by atoms with van der Waals surface area (Å²) in [5.74, 6) is 0. The lowest BCUT2D eigenvalue weighted by molar-refractivity contribution is 0.167. The van der Waals surface area contributed by atoms with Crippen molar-refractivity contribution in [3.8, 4) is 0 Å². The highest BCUT2D eigenvalue weighted by Gasteiger charge is 2.13. The lowest BCUT2D eigenvalue weighted by Crippen LogP contribution is -1.99. The highest BCUT2D eigenvalue weighted by atomic mass is 32.1. The summed E-state index contributed by atoms with van der Waals surface area (Å²) in [6.45, 7) is 4.15. The molecule has 0 aliphatic heterocycles. The first-order valence-electron chi connectivity index (χ1n) is 5.79. The van der Waals surface area contributed by atoms with Crippen LogP contribution in [0.1, 0.15) is 33.4 Å². The van der Waals surface area contributed by atoms with E-state index in [0.717, 1.165) is 18.4 Å². The third kappa shape index (κ3) is 2.96. The normalized spacial score (nSPS) is 12.9. The van der Waals surface area contributed by atoms with Gasteiger partial charge < -0.3 is 5.11 Å². The summed E-state index contributed by atoms with van der Waals surface area (Å²) in [5.41, 5.74) is 2.26. The van der Waals surface area contributed by atoms with Crippen LogP contribution in [0.5, 0.6) is 0 Å². The Balaban J connectivity index is 1.97. The zero-order valence-corrected chi connectivity index (χ0v) is 11.3. The molecule has 17 heavy (non-hydrogen) atoms. The van der Waals surface area contributed by atoms with Crippen molar-refractivity contribution in [2.45, 2.75) is 32.8 Å². The molecule has 2 aromatic rings. The van der Waals surface area contributed by atoms with Gasteiger partial charge in [-0.3, -0.25) is 4.68 Å². The minimum Gasteiger partial charge on any atom is -0.388 e. The molecule has 2 aromatic heterocycles. The SMILES string of the molecule is Cc1cc(C(O)CCc2cnn(C)c2)c(C)s1. The van der Waals surface area contributed by atoms with Crippen LogP contribution in [-0.4, -0.2) is 14.9 Å².